The molecule has 0 saturated heterocycles. The van der Waals surface area contributed by atoms with Crippen LogP contribution in [-0.2, 0) is 13.2 Å². The van der Waals surface area contributed by atoms with Gasteiger partial charge in [-0.2, -0.15) is 5.10 Å². The summed E-state index contributed by atoms with van der Waals surface area (Å²) in [6.45, 7) is 4.84. The van der Waals surface area contributed by atoms with Crippen LogP contribution in [0.4, 0.5) is 0 Å². The highest BCUT2D eigenvalue weighted by molar-refractivity contribution is 9.10. The molecule has 0 fully saturated rings. The number of carbonyl (C=O) groups is 1. The molecule has 0 aliphatic rings. The molecular weight excluding hydrogens is 570 g/mol. The van der Waals surface area contributed by atoms with Gasteiger partial charge in [-0.15, -0.1) is 0 Å². The van der Waals surface area contributed by atoms with Crippen molar-refractivity contribution in [3.63, 3.8) is 0 Å². The number of rotatable bonds is 10. The minimum atomic E-state index is -0.446. The summed E-state index contributed by atoms with van der Waals surface area (Å²) >= 11 is 3.43. The molecule has 0 aliphatic carbocycles. The number of furan rings is 1. The smallest absolute Gasteiger partial charge is 0.307 e. The second-order valence-electron chi connectivity index (χ2n) is 9.18. The van der Waals surface area contributed by atoms with Crippen LogP contribution in [0.15, 0.2) is 111 Å². The van der Waals surface area contributed by atoms with E-state index in [0.717, 1.165) is 27.0 Å². The molecule has 0 bridgehead atoms. The van der Waals surface area contributed by atoms with E-state index in [0.29, 0.717) is 18.1 Å². The molecule has 2 heterocycles. The highest BCUT2D eigenvalue weighted by Crippen LogP contribution is 2.21. The molecule has 5 aromatic rings. The van der Waals surface area contributed by atoms with Gasteiger partial charge < -0.3 is 18.5 Å². The fourth-order valence-electron chi connectivity index (χ4n) is 4.12. The minimum absolute atomic E-state index is 0.154. The fraction of sp³-hybridized carbons (Fsp3) is 0.125. The molecule has 0 radical (unpaired) electrons. The zero-order valence-corrected chi connectivity index (χ0v) is 23.7. The molecule has 5 rings (SSSR count). The molecule has 7 nitrogen and oxygen atoms in total. The van der Waals surface area contributed by atoms with Gasteiger partial charge in [0.2, 0.25) is 0 Å². The quantitative estimate of drug-likeness (QED) is 0.135. The standard InChI is InChI=1S/C32H28BrN3O4/c1-22-3-4-23(2)36(22)27-11-15-29(16-12-27)39-21-30-17-18-31(40-30)32(37)35-34-19-24-7-13-28(14-8-24)38-20-25-5-9-26(33)10-6-25/h3-19H,20-21H2,1-2H3,(H,35,37)/b34-19+. The lowest BCUT2D eigenvalue weighted by molar-refractivity contribution is 0.0923. The summed E-state index contributed by atoms with van der Waals surface area (Å²) in [7, 11) is 0. The first kappa shape index (κ1) is 27.0. The highest BCUT2D eigenvalue weighted by atomic mass is 79.9. The van der Waals surface area contributed by atoms with Crippen LogP contribution >= 0.6 is 15.9 Å². The van der Waals surface area contributed by atoms with Crippen molar-refractivity contribution < 1.29 is 18.7 Å². The van der Waals surface area contributed by atoms with Crippen LogP contribution < -0.4 is 14.9 Å². The van der Waals surface area contributed by atoms with Crippen molar-refractivity contribution in [1.82, 2.24) is 9.99 Å². The van der Waals surface area contributed by atoms with Crippen molar-refractivity contribution in [2.45, 2.75) is 27.1 Å². The maximum Gasteiger partial charge on any atom is 0.307 e. The molecule has 40 heavy (non-hydrogen) atoms. The second-order valence-corrected chi connectivity index (χ2v) is 10.1. The molecule has 1 N–H and O–H groups in total. The lowest BCUT2D eigenvalue weighted by Gasteiger charge is -2.10. The van der Waals surface area contributed by atoms with Gasteiger partial charge in [0.25, 0.3) is 0 Å². The Morgan fingerprint density at radius 1 is 0.825 bits per heavy atom. The molecule has 0 atom stereocenters. The number of ether oxygens (including phenoxy) is 2. The topological polar surface area (TPSA) is 78.0 Å². The molecule has 3 aromatic carbocycles. The van der Waals surface area contributed by atoms with Gasteiger partial charge in [-0.1, -0.05) is 28.1 Å². The lowest BCUT2D eigenvalue weighted by Crippen LogP contribution is -2.16. The number of amides is 1. The molecule has 1 amide bonds. The van der Waals surface area contributed by atoms with E-state index in [1.807, 2.05) is 72.8 Å². The third kappa shape index (κ3) is 6.90. The van der Waals surface area contributed by atoms with Crippen molar-refractivity contribution in [2.24, 2.45) is 5.10 Å². The van der Waals surface area contributed by atoms with E-state index < -0.39 is 5.91 Å². The Bertz CT molecular complexity index is 1580. The average Bonchev–Trinajstić information content (AvgIpc) is 3.58. The Morgan fingerprint density at radius 3 is 2.12 bits per heavy atom. The van der Waals surface area contributed by atoms with E-state index in [2.05, 4.69) is 57.0 Å². The van der Waals surface area contributed by atoms with Crippen LogP contribution in [-0.4, -0.2) is 16.7 Å². The van der Waals surface area contributed by atoms with Gasteiger partial charge in [0.05, 0.1) is 6.21 Å². The zero-order chi connectivity index (χ0) is 27.9. The molecule has 202 valence electrons. The Labute approximate surface area is 241 Å². The molecule has 0 saturated carbocycles. The van der Waals surface area contributed by atoms with E-state index in [1.165, 1.54) is 11.4 Å². The van der Waals surface area contributed by atoms with Crippen molar-refractivity contribution >= 4 is 28.1 Å². The lowest BCUT2D eigenvalue weighted by atomic mass is 10.2. The first-order chi connectivity index (χ1) is 19.4. The third-order valence-electron chi connectivity index (χ3n) is 6.21. The van der Waals surface area contributed by atoms with E-state index in [-0.39, 0.29) is 12.4 Å². The third-order valence-corrected chi connectivity index (χ3v) is 6.74. The number of benzene rings is 3. The highest BCUT2D eigenvalue weighted by Gasteiger charge is 2.11. The van der Waals surface area contributed by atoms with Gasteiger partial charge >= 0.3 is 5.91 Å². The number of aryl methyl sites for hydroxylation is 2. The zero-order valence-electron chi connectivity index (χ0n) is 22.1. The molecule has 0 aliphatic heterocycles. The van der Waals surface area contributed by atoms with E-state index >= 15 is 0 Å². The van der Waals surface area contributed by atoms with Crippen LogP contribution in [0, 0.1) is 13.8 Å². The number of halogens is 1. The largest absolute Gasteiger partial charge is 0.489 e. The first-order valence-electron chi connectivity index (χ1n) is 12.7. The average molecular weight is 598 g/mol. The van der Waals surface area contributed by atoms with E-state index in [1.54, 1.807) is 18.3 Å². The molecule has 0 spiro atoms. The normalized spacial score (nSPS) is 11.1. The number of nitrogens with zero attached hydrogens (tertiary/aromatic N) is 2. The van der Waals surface area contributed by atoms with Gasteiger partial charge in [-0.05, 0) is 110 Å². The summed E-state index contributed by atoms with van der Waals surface area (Å²) in [5.74, 6) is 1.70. The number of aromatic nitrogens is 1. The predicted molar refractivity (Wildman–Crippen MR) is 158 cm³/mol. The van der Waals surface area contributed by atoms with Crippen molar-refractivity contribution in [3.8, 4) is 17.2 Å². The Balaban J connectivity index is 1.08. The maximum atomic E-state index is 12.4. The van der Waals surface area contributed by atoms with Crippen LogP contribution in [0.5, 0.6) is 11.5 Å². The van der Waals surface area contributed by atoms with Gasteiger partial charge in [-0.25, -0.2) is 5.43 Å². The van der Waals surface area contributed by atoms with Crippen LogP contribution in [0.1, 0.15) is 38.8 Å². The summed E-state index contributed by atoms with van der Waals surface area (Å²) in [5, 5.41) is 4.03. The van der Waals surface area contributed by atoms with Crippen LogP contribution in [0.3, 0.4) is 0 Å². The summed E-state index contributed by atoms with van der Waals surface area (Å²) in [5.41, 5.74) is 7.81. The van der Waals surface area contributed by atoms with Gasteiger partial charge in [0.15, 0.2) is 5.76 Å². The molecule has 8 heteroatoms. The second kappa shape index (κ2) is 12.5. The molecule has 0 unspecified atom stereocenters. The van der Waals surface area contributed by atoms with Gasteiger partial charge in [0, 0.05) is 21.5 Å². The Kier molecular flexibility index (Phi) is 8.47. The predicted octanol–water partition coefficient (Wildman–Crippen LogP) is 7.37. The van der Waals surface area contributed by atoms with Crippen molar-refractivity contribution in [3.05, 3.63) is 136 Å². The number of nitrogens with one attached hydrogen (secondary N) is 1. The van der Waals surface area contributed by atoms with E-state index in [9.17, 15) is 4.79 Å². The number of hydrogen-bond donors (Lipinski definition) is 1. The van der Waals surface area contributed by atoms with Crippen molar-refractivity contribution in [2.75, 3.05) is 0 Å². The van der Waals surface area contributed by atoms with Crippen LogP contribution in [0.25, 0.3) is 5.69 Å². The van der Waals surface area contributed by atoms with Gasteiger partial charge in [-0.3, -0.25) is 4.79 Å². The summed E-state index contributed by atoms with van der Waals surface area (Å²) in [4.78, 5) is 12.4. The Morgan fingerprint density at radius 2 is 1.45 bits per heavy atom. The number of hydrogen-bond acceptors (Lipinski definition) is 5. The van der Waals surface area contributed by atoms with Crippen LogP contribution in [0.2, 0.25) is 0 Å². The SMILES string of the molecule is Cc1ccc(C)n1-c1ccc(OCc2ccc(C(=O)N/N=C/c3ccc(OCc4ccc(Br)cc4)cc3)o2)cc1. The van der Waals surface area contributed by atoms with Gasteiger partial charge in [0.1, 0.15) is 30.5 Å². The van der Waals surface area contributed by atoms with Crippen molar-refractivity contribution in [1.29, 1.82) is 0 Å². The molecular formula is C32H28BrN3O4. The molecule has 2 aromatic heterocycles. The maximum absolute atomic E-state index is 12.4. The first-order valence-corrected chi connectivity index (χ1v) is 13.5. The fourth-order valence-corrected chi connectivity index (χ4v) is 4.38. The monoisotopic (exact) mass is 597 g/mol. The number of carbonyl (C=O) groups excluding carboxylic acids is 1. The Hall–Kier alpha value is -4.56. The summed E-state index contributed by atoms with van der Waals surface area (Å²) in [6, 6.07) is 30.8. The number of hydrazone groups is 1. The minimum Gasteiger partial charge on any atom is -0.489 e. The summed E-state index contributed by atoms with van der Waals surface area (Å²) in [6.07, 6.45) is 1.56. The summed E-state index contributed by atoms with van der Waals surface area (Å²) < 4.78 is 20.5. The van der Waals surface area contributed by atoms with E-state index in [4.69, 9.17) is 13.9 Å².